The summed E-state index contributed by atoms with van der Waals surface area (Å²) in [7, 11) is 0. The molecule has 0 bridgehead atoms. The first-order valence-corrected chi connectivity index (χ1v) is 10.3. The predicted molar refractivity (Wildman–Crippen MR) is 121 cm³/mol. The molecule has 0 saturated heterocycles. The Hall–Kier alpha value is -4.28. The van der Waals surface area contributed by atoms with Crippen LogP contribution in [0.4, 0.5) is 0 Å². The fraction of sp³-hybridized carbons (Fsp3) is 0. The van der Waals surface area contributed by atoms with Crippen molar-refractivity contribution in [3.05, 3.63) is 93.2 Å². The Labute approximate surface area is 180 Å². The van der Waals surface area contributed by atoms with E-state index in [0.717, 1.165) is 22.2 Å². The van der Waals surface area contributed by atoms with Crippen molar-refractivity contribution in [1.29, 1.82) is 5.26 Å². The molecule has 0 aliphatic carbocycles. The Morgan fingerprint density at radius 1 is 1.13 bits per heavy atom. The molecule has 0 aliphatic rings. The minimum Gasteiger partial charge on any atom is -0.422 e. The molecule has 6 nitrogen and oxygen atoms in total. The number of rotatable bonds is 4. The van der Waals surface area contributed by atoms with Crippen molar-refractivity contribution in [1.82, 2.24) is 15.2 Å². The van der Waals surface area contributed by atoms with Gasteiger partial charge in [-0.2, -0.15) is 10.4 Å². The number of para-hydroxylation sites is 1. The summed E-state index contributed by atoms with van der Waals surface area (Å²) in [5.41, 5.74) is 3.88. The number of benzene rings is 2. The summed E-state index contributed by atoms with van der Waals surface area (Å²) in [6, 6.07) is 21.1. The minimum atomic E-state index is -0.459. The molecule has 0 radical (unpaired) electrons. The third kappa shape index (κ3) is 3.56. The van der Waals surface area contributed by atoms with Gasteiger partial charge in [0.2, 0.25) is 0 Å². The highest BCUT2D eigenvalue weighted by Gasteiger charge is 2.15. The third-order valence-corrected chi connectivity index (χ3v) is 5.68. The maximum Gasteiger partial charge on any atom is 0.345 e. The molecule has 148 valence electrons. The summed E-state index contributed by atoms with van der Waals surface area (Å²) in [6.45, 7) is 0. The van der Waals surface area contributed by atoms with Gasteiger partial charge in [-0.1, -0.05) is 48.5 Å². The second-order valence-electron chi connectivity index (χ2n) is 6.76. The number of hydrogen-bond donors (Lipinski definition) is 1. The highest BCUT2D eigenvalue weighted by molar-refractivity contribution is 7.11. The zero-order chi connectivity index (χ0) is 21.2. The van der Waals surface area contributed by atoms with Gasteiger partial charge in [-0.25, -0.2) is 9.78 Å². The number of nitrogens with zero attached hydrogens (tertiary/aromatic N) is 3. The fourth-order valence-corrected chi connectivity index (χ4v) is 4.09. The zero-order valence-electron chi connectivity index (χ0n) is 16.1. The zero-order valence-corrected chi connectivity index (χ0v) is 16.9. The van der Waals surface area contributed by atoms with E-state index in [2.05, 4.69) is 21.3 Å². The summed E-state index contributed by atoms with van der Waals surface area (Å²) in [5, 5.41) is 20.0. The van der Waals surface area contributed by atoms with E-state index in [1.165, 1.54) is 11.3 Å². The molecule has 7 heteroatoms. The first-order valence-electron chi connectivity index (χ1n) is 9.42. The van der Waals surface area contributed by atoms with Gasteiger partial charge in [-0.3, -0.25) is 5.10 Å². The second kappa shape index (κ2) is 7.86. The molecule has 1 N–H and O–H groups in total. The van der Waals surface area contributed by atoms with Crippen LogP contribution in [0.5, 0.6) is 0 Å². The lowest BCUT2D eigenvalue weighted by atomic mass is 10.1. The van der Waals surface area contributed by atoms with Crippen molar-refractivity contribution in [2.24, 2.45) is 0 Å². The predicted octanol–water partition coefficient (Wildman–Crippen LogP) is 5.37. The van der Waals surface area contributed by atoms with Gasteiger partial charge in [0, 0.05) is 21.9 Å². The average Bonchev–Trinajstić information content (AvgIpc) is 3.47. The molecular formula is C24H14N4O2S. The molecule has 5 aromatic rings. The van der Waals surface area contributed by atoms with E-state index in [-0.39, 0.29) is 0 Å². The molecule has 0 amide bonds. The summed E-state index contributed by atoms with van der Waals surface area (Å²) >= 11 is 1.30. The van der Waals surface area contributed by atoms with Crippen LogP contribution >= 0.6 is 11.3 Å². The van der Waals surface area contributed by atoms with Crippen LogP contribution in [-0.4, -0.2) is 15.2 Å². The van der Waals surface area contributed by atoms with E-state index in [9.17, 15) is 10.1 Å². The van der Waals surface area contributed by atoms with Crippen LogP contribution in [0.2, 0.25) is 0 Å². The third-order valence-electron chi connectivity index (χ3n) is 4.80. The number of nitrogens with one attached hydrogen (secondary N) is 1. The minimum absolute atomic E-state index is 0.367. The molecule has 31 heavy (non-hydrogen) atoms. The summed E-state index contributed by atoms with van der Waals surface area (Å²) in [4.78, 5) is 17.0. The molecule has 3 heterocycles. The van der Waals surface area contributed by atoms with E-state index in [0.29, 0.717) is 27.4 Å². The summed E-state index contributed by atoms with van der Waals surface area (Å²) in [6.07, 6.45) is 3.42. The van der Waals surface area contributed by atoms with Gasteiger partial charge in [0.1, 0.15) is 16.7 Å². The van der Waals surface area contributed by atoms with Crippen molar-refractivity contribution >= 4 is 34.0 Å². The number of thiazole rings is 1. The number of H-pyrrole nitrogens is 1. The highest BCUT2D eigenvalue weighted by atomic mass is 32.1. The maximum absolute atomic E-state index is 12.4. The summed E-state index contributed by atoms with van der Waals surface area (Å²) < 4.78 is 5.41. The Bertz CT molecular complexity index is 1520. The van der Waals surface area contributed by atoms with Crippen LogP contribution in [0, 0.1) is 11.3 Å². The number of allylic oxidation sites excluding steroid dienone is 1. The van der Waals surface area contributed by atoms with Gasteiger partial charge < -0.3 is 4.42 Å². The molecule has 0 unspecified atom stereocenters. The van der Waals surface area contributed by atoms with Crippen LogP contribution < -0.4 is 5.63 Å². The number of aromatic nitrogens is 3. The van der Waals surface area contributed by atoms with Crippen molar-refractivity contribution in [3.8, 4) is 28.6 Å². The van der Waals surface area contributed by atoms with Crippen LogP contribution in [-0.2, 0) is 0 Å². The quantitative estimate of drug-likeness (QED) is 0.310. The first kappa shape index (κ1) is 18.7. The van der Waals surface area contributed by atoms with Gasteiger partial charge in [-0.15, -0.1) is 11.3 Å². The van der Waals surface area contributed by atoms with Crippen LogP contribution in [0.15, 0.2) is 81.5 Å². The van der Waals surface area contributed by atoms with Crippen LogP contribution in [0.1, 0.15) is 10.6 Å². The topological polar surface area (TPSA) is 95.6 Å². The van der Waals surface area contributed by atoms with Crippen molar-refractivity contribution in [3.63, 3.8) is 0 Å². The second-order valence-corrected chi connectivity index (χ2v) is 7.62. The lowest BCUT2D eigenvalue weighted by Gasteiger charge is -2.00. The molecular weight excluding hydrogens is 408 g/mol. The molecule has 0 saturated carbocycles. The Kier molecular flexibility index (Phi) is 4.75. The van der Waals surface area contributed by atoms with E-state index in [1.54, 1.807) is 29.8 Å². The first-order chi connectivity index (χ1) is 15.2. The van der Waals surface area contributed by atoms with E-state index in [1.807, 2.05) is 48.5 Å². The number of aromatic amines is 1. The largest absolute Gasteiger partial charge is 0.422 e. The number of nitriles is 1. The van der Waals surface area contributed by atoms with Crippen molar-refractivity contribution in [2.75, 3.05) is 0 Å². The normalized spacial score (nSPS) is 11.5. The molecule has 5 rings (SSSR count). The van der Waals surface area contributed by atoms with E-state index >= 15 is 0 Å². The molecule has 0 atom stereocenters. The van der Waals surface area contributed by atoms with Gasteiger partial charge in [-0.05, 0) is 18.2 Å². The summed E-state index contributed by atoms with van der Waals surface area (Å²) in [5.74, 6) is 0. The monoisotopic (exact) mass is 422 g/mol. The van der Waals surface area contributed by atoms with Gasteiger partial charge in [0.05, 0.1) is 28.7 Å². The highest BCUT2D eigenvalue weighted by Crippen LogP contribution is 2.29. The lowest BCUT2D eigenvalue weighted by molar-refractivity contribution is 0.563. The van der Waals surface area contributed by atoms with Gasteiger partial charge >= 0.3 is 5.63 Å². The lowest BCUT2D eigenvalue weighted by Crippen LogP contribution is -2.02. The van der Waals surface area contributed by atoms with Crippen LogP contribution in [0.25, 0.3) is 45.1 Å². The average molecular weight is 422 g/mol. The molecule has 0 aliphatic heterocycles. The smallest absolute Gasteiger partial charge is 0.345 e. The Morgan fingerprint density at radius 3 is 2.77 bits per heavy atom. The van der Waals surface area contributed by atoms with Crippen LogP contribution in [0.3, 0.4) is 0 Å². The van der Waals surface area contributed by atoms with E-state index < -0.39 is 5.63 Å². The SMILES string of the molecule is N#CC(=Cc1cn[nH]c1-c1ccccc1)c1nc(-c2cc3ccccc3oc2=O)cs1. The maximum atomic E-state index is 12.4. The number of fused-ring (bicyclic) bond motifs is 1. The standard InChI is InChI=1S/C24H14N4O2S/c25-12-17(10-18-13-26-28-22(18)15-6-2-1-3-7-15)23-27-20(14-31-23)19-11-16-8-4-5-9-21(16)30-24(19)29/h1-11,13-14H,(H,26,28). The Morgan fingerprint density at radius 2 is 1.94 bits per heavy atom. The fourth-order valence-electron chi connectivity index (χ4n) is 3.30. The Balaban J connectivity index is 1.54. The number of hydrogen-bond acceptors (Lipinski definition) is 6. The van der Waals surface area contributed by atoms with Gasteiger partial charge in [0.15, 0.2) is 0 Å². The molecule has 2 aromatic carbocycles. The van der Waals surface area contributed by atoms with Gasteiger partial charge in [0.25, 0.3) is 0 Å². The van der Waals surface area contributed by atoms with Crippen molar-refractivity contribution in [2.45, 2.75) is 0 Å². The van der Waals surface area contributed by atoms with Crippen molar-refractivity contribution < 1.29 is 4.42 Å². The molecule has 3 aromatic heterocycles. The molecule has 0 fully saturated rings. The van der Waals surface area contributed by atoms with E-state index in [4.69, 9.17) is 4.42 Å². The molecule has 0 spiro atoms.